The van der Waals surface area contributed by atoms with Crippen LogP contribution in [0.4, 0.5) is 0 Å². The van der Waals surface area contributed by atoms with Crippen molar-refractivity contribution < 1.29 is 19.7 Å². The minimum atomic E-state index is -1.43. The molecule has 3 aromatic carbocycles. The van der Waals surface area contributed by atoms with E-state index in [1.165, 1.54) is 17.9 Å². The van der Waals surface area contributed by atoms with E-state index in [1.54, 1.807) is 18.2 Å². The van der Waals surface area contributed by atoms with E-state index in [2.05, 4.69) is 24.3 Å². The summed E-state index contributed by atoms with van der Waals surface area (Å²) in [5, 5.41) is 22.4. The maximum absolute atomic E-state index is 10.5. The number of aliphatic hydroxyl groups is 2. The van der Waals surface area contributed by atoms with Gasteiger partial charge in [-0.15, -0.1) is 0 Å². The fourth-order valence-electron chi connectivity index (χ4n) is 2.83. The molecule has 1 atom stereocenters. The van der Waals surface area contributed by atoms with Crippen LogP contribution in [0.2, 0.25) is 0 Å². The molecule has 0 aliphatic heterocycles. The minimum Gasteiger partial charge on any atom is -0.489 e. The first-order valence-electron chi connectivity index (χ1n) is 8.18. The number of hydrogen-bond donors (Lipinski definition) is 2. The third kappa shape index (κ3) is 3.99. The van der Waals surface area contributed by atoms with Gasteiger partial charge in [0.05, 0.1) is 13.2 Å². The summed E-state index contributed by atoms with van der Waals surface area (Å²) in [5.74, 6) is 0.633. The zero-order valence-corrected chi connectivity index (χ0v) is 14.2. The van der Waals surface area contributed by atoms with E-state index in [0.717, 1.165) is 5.56 Å². The van der Waals surface area contributed by atoms with E-state index in [0.29, 0.717) is 17.9 Å². The summed E-state index contributed by atoms with van der Waals surface area (Å²) in [6.45, 7) is 0.0166. The number of benzene rings is 3. The lowest BCUT2D eigenvalue weighted by Gasteiger charge is -2.25. The average molecular weight is 338 g/mol. The topological polar surface area (TPSA) is 58.9 Å². The highest BCUT2D eigenvalue weighted by atomic mass is 16.5. The van der Waals surface area contributed by atoms with Crippen LogP contribution in [0.25, 0.3) is 10.8 Å². The molecule has 0 aliphatic carbocycles. The fraction of sp³-hybridized carbons (Fsp3) is 0.238. The molecular weight excluding hydrogens is 316 g/mol. The Hall–Kier alpha value is -2.40. The van der Waals surface area contributed by atoms with Crippen LogP contribution in [0.15, 0.2) is 66.7 Å². The first-order valence-corrected chi connectivity index (χ1v) is 8.18. The van der Waals surface area contributed by atoms with E-state index >= 15 is 0 Å². The van der Waals surface area contributed by atoms with Crippen LogP contribution >= 0.6 is 0 Å². The summed E-state index contributed by atoms with van der Waals surface area (Å²) in [6.07, 6.45) is 0. The van der Waals surface area contributed by atoms with Gasteiger partial charge in [0.1, 0.15) is 18.0 Å². The van der Waals surface area contributed by atoms with Gasteiger partial charge in [0.2, 0.25) is 0 Å². The lowest BCUT2D eigenvalue weighted by molar-refractivity contribution is -0.0719. The van der Waals surface area contributed by atoms with Gasteiger partial charge >= 0.3 is 0 Å². The Morgan fingerprint density at radius 3 is 2.48 bits per heavy atom. The summed E-state index contributed by atoms with van der Waals surface area (Å²) < 4.78 is 10.9. The Kier molecular flexibility index (Phi) is 5.34. The Bertz CT molecular complexity index is 846. The average Bonchev–Trinajstić information content (AvgIpc) is 2.66. The monoisotopic (exact) mass is 338 g/mol. The third-order valence-corrected chi connectivity index (χ3v) is 4.24. The fourth-order valence-corrected chi connectivity index (χ4v) is 2.83. The smallest absolute Gasteiger partial charge is 0.136 e. The predicted molar refractivity (Wildman–Crippen MR) is 97.6 cm³/mol. The van der Waals surface area contributed by atoms with E-state index < -0.39 is 12.2 Å². The molecule has 0 heterocycles. The quantitative estimate of drug-likeness (QED) is 0.694. The number of fused-ring (bicyclic) bond motifs is 1. The lowest BCUT2D eigenvalue weighted by atomic mass is 9.95. The van der Waals surface area contributed by atoms with E-state index in [9.17, 15) is 10.2 Å². The summed E-state index contributed by atoms with van der Waals surface area (Å²) in [7, 11) is 1.49. The first-order chi connectivity index (χ1) is 12.1. The van der Waals surface area contributed by atoms with Gasteiger partial charge in [-0.2, -0.15) is 0 Å². The molecule has 0 spiro atoms. The molecule has 0 aliphatic rings. The molecule has 130 valence electrons. The molecule has 0 amide bonds. The second-order valence-electron chi connectivity index (χ2n) is 6.12. The normalized spacial score (nSPS) is 13.6. The highest BCUT2D eigenvalue weighted by Gasteiger charge is 2.28. The van der Waals surface area contributed by atoms with Crippen LogP contribution < -0.4 is 4.74 Å². The van der Waals surface area contributed by atoms with Gasteiger partial charge in [-0.25, -0.2) is 0 Å². The second-order valence-corrected chi connectivity index (χ2v) is 6.12. The zero-order chi connectivity index (χ0) is 17.7. The summed E-state index contributed by atoms with van der Waals surface area (Å²) >= 11 is 0. The third-order valence-electron chi connectivity index (χ3n) is 4.24. The number of methoxy groups -OCH3 is 1. The number of aliphatic hydroxyl groups excluding tert-OH is 1. The van der Waals surface area contributed by atoms with Gasteiger partial charge in [-0.05, 0) is 40.1 Å². The summed E-state index contributed by atoms with van der Waals surface area (Å²) in [6, 6.07) is 21.5. The Morgan fingerprint density at radius 1 is 0.920 bits per heavy atom. The van der Waals surface area contributed by atoms with Crippen LogP contribution in [0.3, 0.4) is 0 Å². The maximum Gasteiger partial charge on any atom is 0.136 e. The molecule has 0 fully saturated rings. The molecule has 4 heteroatoms. The van der Waals surface area contributed by atoms with Gasteiger partial charge in [0.15, 0.2) is 0 Å². The largest absolute Gasteiger partial charge is 0.489 e. The molecule has 3 rings (SSSR count). The molecule has 1 unspecified atom stereocenters. The van der Waals surface area contributed by atoms with Crippen LogP contribution in [-0.2, 0) is 16.9 Å². The Balaban J connectivity index is 1.75. The highest BCUT2D eigenvalue weighted by Crippen LogP contribution is 2.26. The lowest BCUT2D eigenvalue weighted by Crippen LogP contribution is -2.35. The van der Waals surface area contributed by atoms with Gasteiger partial charge in [0, 0.05) is 7.11 Å². The zero-order valence-electron chi connectivity index (χ0n) is 14.2. The van der Waals surface area contributed by atoms with E-state index in [4.69, 9.17) is 9.47 Å². The minimum absolute atomic E-state index is 0.0115. The SMILES string of the molecule is COCC(O)(CO)c1cccc(OCc2ccc3ccccc3c2)c1. The van der Waals surface area contributed by atoms with Crippen molar-refractivity contribution in [1.82, 2.24) is 0 Å². The molecule has 0 saturated heterocycles. The Labute approximate surface area is 147 Å². The molecule has 0 radical (unpaired) electrons. The van der Waals surface area contributed by atoms with Crippen molar-refractivity contribution in [1.29, 1.82) is 0 Å². The molecular formula is C21H22O4. The van der Waals surface area contributed by atoms with Crippen LogP contribution in [0, 0.1) is 0 Å². The molecule has 2 N–H and O–H groups in total. The van der Waals surface area contributed by atoms with Crippen molar-refractivity contribution in [3.63, 3.8) is 0 Å². The van der Waals surface area contributed by atoms with Gasteiger partial charge in [-0.1, -0.05) is 48.5 Å². The standard InChI is InChI=1S/C21H22O4/c1-24-15-21(23,14-22)19-7-4-8-20(12-19)25-13-16-9-10-17-5-2-3-6-18(17)11-16/h2-12,22-23H,13-15H2,1H3. The second kappa shape index (κ2) is 7.66. The van der Waals surface area contributed by atoms with Crippen LogP contribution in [-0.4, -0.2) is 30.5 Å². The van der Waals surface area contributed by atoms with Crippen LogP contribution in [0.5, 0.6) is 5.75 Å². The predicted octanol–water partition coefficient (Wildman–Crippen LogP) is 3.25. The molecule has 0 bridgehead atoms. The van der Waals surface area contributed by atoms with Crippen molar-refractivity contribution in [2.75, 3.05) is 20.3 Å². The van der Waals surface area contributed by atoms with Crippen molar-refractivity contribution in [3.8, 4) is 5.75 Å². The van der Waals surface area contributed by atoms with Crippen molar-refractivity contribution >= 4 is 10.8 Å². The summed E-state index contributed by atoms with van der Waals surface area (Å²) in [4.78, 5) is 0. The van der Waals surface area contributed by atoms with E-state index in [1.807, 2.05) is 24.3 Å². The Morgan fingerprint density at radius 2 is 1.72 bits per heavy atom. The molecule has 0 saturated carbocycles. The molecule has 3 aromatic rings. The number of rotatable bonds is 7. The first kappa shape index (κ1) is 17.4. The van der Waals surface area contributed by atoms with Gasteiger partial charge < -0.3 is 19.7 Å². The maximum atomic E-state index is 10.5. The molecule has 0 aromatic heterocycles. The van der Waals surface area contributed by atoms with Crippen LogP contribution in [0.1, 0.15) is 11.1 Å². The van der Waals surface area contributed by atoms with Crippen molar-refractivity contribution in [2.24, 2.45) is 0 Å². The highest BCUT2D eigenvalue weighted by molar-refractivity contribution is 5.82. The van der Waals surface area contributed by atoms with Gasteiger partial charge in [0.25, 0.3) is 0 Å². The number of ether oxygens (including phenoxy) is 2. The van der Waals surface area contributed by atoms with Crippen molar-refractivity contribution in [3.05, 3.63) is 77.9 Å². The van der Waals surface area contributed by atoms with Gasteiger partial charge in [-0.3, -0.25) is 0 Å². The molecule has 25 heavy (non-hydrogen) atoms. The van der Waals surface area contributed by atoms with Crippen molar-refractivity contribution in [2.45, 2.75) is 12.2 Å². The molecule has 4 nitrogen and oxygen atoms in total. The van der Waals surface area contributed by atoms with E-state index in [-0.39, 0.29) is 6.61 Å². The number of hydrogen-bond acceptors (Lipinski definition) is 4. The summed E-state index contributed by atoms with van der Waals surface area (Å²) in [5.41, 5.74) is 0.197.